The van der Waals surface area contributed by atoms with Crippen LogP contribution in [0.1, 0.15) is 18.9 Å². The van der Waals surface area contributed by atoms with Crippen LogP contribution < -0.4 is 9.03 Å². The smallest absolute Gasteiger partial charge is 0.330 e. The minimum Gasteiger partial charge on any atom is -0.506 e. The van der Waals surface area contributed by atoms with E-state index in [4.69, 9.17) is 4.74 Å². The van der Waals surface area contributed by atoms with Crippen LogP contribution in [0.3, 0.4) is 0 Å². The zero-order valence-electron chi connectivity index (χ0n) is 17.3. The number of phenols is 1. The fourth-order valence-electron chi connectivity index (χ4n) is 3.60. The van der Waals surface area contributed by atoms with Crippen LogP contribution in [0.4, 0.5) is 5.69 Å². The second-order valence-electron chi connectivity index (χ2n) is 7.33. The first-order valence-electron chi connectivity index (χ1n) is 10.0. The van der Waals surface area contributed by atoms with Crippen molar-refractivity contribution < 1.29 is 28.2 Å². The lowest BCUT2D eigenvalue weighted by Gasteiger charge is -2.16. The molecular weight excluding hydrogens is 432 g/mol. The van der Waals surface area contributed by atoms with Crippen molar-refractivity contribution in [2.45, 2.75) is 19.8 Å². The van der Waals surface area contributed by atoms with Crippen molar-refractivity contribution in [1.29, 1.82) is 0 Å². The summed E-state index contributed by atoms with van der Waals surface area (Å²) in [6, 6.07) is 16.5. The van der Waals surface area contributed by atoms with Crippen LogP contribution in [0.25, 0.3) is 21.9 Å². The van der Waals surface area contributed by atoms with Crippen molar-refractivity contribution in [3.8, 4) is 16.9 Å². The number of hydrogen-bond acceptors (Lipinski definition) is 6. The molecule has 0 unspecified atom stereocenters. The first-order valence-corrected chi connectivity index (χ1v) is 11.5. The molecule has 3 aromatic carbocycles. The van der Waals surface area contributed by atoms with E-state index in [1.165, 1.54) is 6.07 Å². The highest BCUT2D eigenvalue weighted by Crippen LogP contribution is 2.37. The zero-order chi connectivity index (χ0) is 22.9. The third-order valence-corrected chi connectivity index (χ3v) is 6.37. The van der Waals surface area contributed by atoms with E-state index in [2.05, 4.69) is 0 Å². The molecular formula is C23H22N2O6S. The lowest BCUT2D eigenvalue weighted by atomic mass is 9.98. The number of nitrogens with zero attached hydrogens (tertiary/aromatic N) is 1. The Bertz CT molecular complexity index is 1330. The lowest BCUT2D eigenvalue weighted by Crippen LogP contribution is -2.29. The van der Waals surface area contributed by atoms with Crippen LogP contribution >= 0.6 is 0 Å². The Labute approximate surface area is 185 Å². The summed E-state index contributed by atoms with van der Waals surface area (Å²) in [5.41, 5.74) is 2.86. The van der Waals surface area contributed by atoms with Crippen molar-refractivity contribution in [2.24, 2.45) is 0 Å². The van der Waals surface area contributed by atoms with Crippen molar-refractivity contribution in [3.63, 3.8) is 0 Å². The van der Waals surface area contributed by atoms with Crippen molar-refractivity contribution in [1.82, 2.24) is 4.72 Å². The monoisotopic (exact) mass is 454 g/mol. The summed E-state index contributed by atoms with van der Waals surface area (Å²) < 4.78 is 32.1. The second-order valence-corrected chi connectivity index (χ2v) is 8.87. The number of aliphatic hydroxyl groups excluding tert-OH is 1. The van der Waals surface area contributed by atoms with Crippen LogP contribution in [0.2, 0.25) is 0 Å². The van der Waals surface area contributed by atoms with E-state index >= 15 is 0 Å². The van der Waals surface area contributed by atoms with E-state index in [-0.39, 0.29) is 17.4 Å². The maximum atomic E-state index is 12.2. The average Bonchev–Trinajstić information content (AvgIpc) is 3.03. The number of phenolic OH excluding ortho intramolecular Hbond substituents is 1. The lowest BCUT2D eigenvalue weighted by molar-refractivity contribution is -0.143. The van der Waals surface area contributed by atoms with Gasteiger partial charge in [0.2, 0.25) is 5.88 Å². The van der Waals surface area contributed by atoms with Gasteiger partial charge in [-0.25, -0.2) is 9.03 Å². The van der Waals surface area contributed by atoms with Gasteiger partial charge in [-0.05, 0) is 59.0 Å². The van der Waals surface area contributed by atoms with Crippen molar-refractivity contribution in [2.75, 3.05) is 10.9 Å². The number of esters is 1. The highest BCUT2D eigenvalue weighted by Gasteiger charge is 2.30. The Hall–Kier alpha value is -3.72. The van der Waals surface area contributed by atoms with Crippen molar-refractivity contribution >= 4 is 32.6 Å². The Kier molecular flexibility index (Phi) is 5.67. The van der Waals surface area contributed by atoms with Gasteiger partial charge in [-0.2, -0.15) is 8.42 Å². The molecule has 0 saturated heterocycles. The van der Waals surface area contributed by atoms with Crippen molar-refractivity contribution in [3.05, 3.63) is 72.2 Å². The van der Waals surface area contributed by atoms with E-state index < -0.39 is 16.1 Å². The number of nitrogens with one attached hydrogen (secondary N) is 1. The molecule has 1 aliphatic rings. The quantitative estimate of drug-likeness (QED) is 0.489. The molecule has 1 heterocycles. The van der Waals surface area contributed by atoms with Gasteiger partial charge in [-0.3, -0.25) is 4.79 Å². The molecule has 0 aliphatic carbocycles. The van der Waals surface area contributed by atoms with Crippen LogP contribution in [0.5, 0.6) is 5.75 Å². The summed E-state index contributed by atoms with van der Waals surface area (Å²) in [6.45, 7) is 2.13. The van der Waals surface area contributed by atoms with Gasteiger partial charge in [0.05, 0.1) is 12.8 Å². The summed E-state index contributed by atoms with van der Waals surface area (Å²) in [5, 5.41) is 21.4. The average molecular weight is 455 g/mol. The predicted molar refractivity (Wildman–Crippen MR) is 121 cm³/mol. The summed E-state index contributed by atoms with van der Waals surface area (Å²) in [6.07, 6.45) is 1.86. The Morgan fingerprint density at radius 3 is 2.53 bits per heavy atom. The molecule has 0 spiro atoms. The Morgan fingerprint density at radius 2 is 1.81 bits per heavy atom. The highest BCUT2D eigenvalue weighted by atomic mass is 32.2. The molecule has 0 saturated carbocycles. The first-order chi connectivity index (χ1) is 15.3. The number of ether oxygens (including phenoxy) is 1. The number of benzene rings is 3. The first kappa shape index (κ1) is 21.5. The topological polar surface area (TPSA) is 116 Å². The number of aliphatic hydroxyl groups is 1. The molecule has 4 rings (SSSR count). The number of carbonyl (C=O) groups is 1. The number of aryl methyl sites for hydroxylation is 1. The van der Waals surface area contributed by atoms with E-state index in [1.807, 2.05) is 47.2 Å². The standard InChI is InChI=1S/C23H22N2O6S/c1-2-31-23(28)9-6-15-4-3-5-16(10-15)17-7-8-18-13-21(26)20(12-19(18)11-17)25-14-22(27)24-32(25,29)30/h3-5,7-8,10-14,24,26-27H,2,6,9H2,1H3. The minimum absolute atomic E-state index is 0.0226. The minimum atomic E-state index is -4.02. The number of anilines is 1. The third-order valence-electron chi connectivity index (χ3n) is 5.09. The van der Waals surface area contributed by atoms with E-state index in [9.17, 15) is 23.4 Å². The third kappa shape index (κ3) is 4.33. The second kappa shape index (κ2) is 8.43. The summed E-state index contributed by atoms with van der Waals surface area (Å²) in [5.74, 6) is -0.997. The van der Waals surface area contributed by atoms with Gasteiger partial charge in [0.1, 0.15) is 11.4 Å². The van der Waals surface area contributed by atoms with Gasteiger partial charge in [0.25, 0.3) is 0 Å². The molecule has 1 aliphatic heterocycles. The molecule has 8 nitrogen and oxygen atoms in total. The Morgan fingerprint density at radius 1 is 1.03 bits per heavy atom. The summed E-state index contributed by atoms with van der Waals surface area (Å²) >= 11 is 0. The number of carbonyl (C=O) groups excluding carboxylic acids is 1. The zero-order valence-corrected chi connectivity index (χ0v) is 18.1. The van der Waals surface area contributed by atoms with Gasteiger partial charge < -0.3 is 14.9 Å². The molecule has 0 fully saturated rings. The van der Waals surface area contributed by atoms with E-state index in [1.54, 1.807) is 13.0 Å². The van der Waals surface area contributed by atoms with E-state index in [0.717, 1.165) is 32.6 Å². The highest BCUT2D eigenvalue weighted by molar-refractivity contribution is 7.91. The molecule has 3 aromatic rings. The SMILES string of the molecule is CCOC(=O)CCc1cccc(-c2ccc3cc(O)c(N4C=C(O)NS4(=O)=O)cc3c2)c1. The predicted octanol–water partition coefficient (Wildman–Crippen LogP) is 3.72. The molecule has 0 amide bonds. The van der Waals surface area contributed by atoms with Gasteiger partial charge >= 0.3 is 16.2 Å². The van der Waals surface area contributed by atoms with Gasteiger partial charge in [-0.15, -0.1) is 0 Å². The Balaban J connectivity index is 1.67. The van der Waals surface area contributed by atoms with Gasteiger partial charge in [-0.1, -0.05) is 36.4 Å². The van der Waals surface area contributed by atoms with Gasteiger partial charge in [0, 0.05) is 6.42 Å². The normalized spacial score (nSPS) is 14.8. The van der Waals surface area contributed by atoms with Crippen LogP contribution in [0, 0.1) is 0 Å². The summed E-state index contributed by atoms with van der Waals surface area (Å²) in [7, 11) is -4.02. The number of hydrogen-bond donors (Lipinski definition) is 3. The van der Waals surface area contributed by atoms with E-state index in [0.29, 0.717) is 24.8 Å². The number of rotatable bonds is 6. The fourth-order valence-corrected chi connectivity index (χ4v) is 4.66. The van der Waals surface area contributed by atoms with Crippen LogP contribution in [0.15, 0.2) is 66.7 Å². The molecule has 166 valence electrons. The maximum Gasteiger partial charge on any atom is 0.330 e. The molecule has 32 heavy (non-hydrogen) atoms. The molecule has 0 bridgehead atoms. The molecule has 0 aromatic heterocycles. The van der Waals surface area contributed by atoms with Crippen LogP contribution in [-0.2, 0) is 26.2 Å². The fraction of sp³-hybridized carbons (Fsp3) is 0.174. The molecule has 9 heteroatoms. The number of fused-ring (bicyclic) bond motifs is 1. The number of aromatic hydroxyl groups is 1. The van der Waals surface area contributed by atoms with Gasteiger partial charge in [0.15, 0.2) is 0 Å². The molecule has 0 radical (unpaired) electrons. The van der Waals surface area contributed by atoms with Crippen LogP contribution in [-0.4, -0.2) is 31.2 Å². The maximum absolute atomic E-state index is 12.2. The summed E-state index contributed by atoms with van der Waals surface area (Å²) in [4.78, 5) is 11.6. The molecule has 3 N–H and O–H groups in total. The molecule has 0 atom stereocenters. The largest absolute Gasteiger partial charge is 0.506 e.